The lowest BCUT2D eigenvalue weighted by molar-refractivity contribution is -0.145. The number of carbonyl (C=O) groups excluding carboxylic acids is 1. The first-order valence-corrected chi connectivity index (χ1v) is 10.9. The third kappa shape index (κ3) is 5.92. The Balaban J connectivity index is 0.000000199. The summed E-state index contributed by atoms with van der Waals surface area (Å²) < 4.78 is 34.9. The molecule has 156 valence electrons. The van der Waals surface area contributed by atoms with Crippen LogP contribution in [0.5, 0.6) is 0 Å². The van der Waals surface area contributed by atoms with Crippen molar-refractivity contribution in [2.45, 2.75) is 30.9 Å². The van der Waals surface area contributed by atoms with Gasteiger partial charge in [-0.1, -0.05) is 66.2 Å². The molecular weight excluding hydrogens is 402 g/mol. The maximum absolute atomic E-state index is 12.0. The minimum atomic E-state index is -4.02. The number of hydrogen-bond acceptors (Lipinski definition) is 5. The Kier molecular flexibility index (Phi) is 6.87. The van der Waals surface area contributed by atoms with Crippen molar-refractivity contribution < 1.29 is 22.5 Å². The van der Waals surface area contributed by atoms with Gasteiger partial charge in [-0.15, -0.1) is 0 Å². The van der Waals surface area contributed by atoms with E-state index in [1.54, 1.807) is 12.1 Å². The predicted octanol–water partition coefficient (Wildman–Crippen LogP) is 4.01. The van der Waals surface area contributed by atoms with Gasteiger partial charge in [0, 0.05) is 12.1 Å². The van der Waals surface area contributed by atoms with E-state index in [-0.39, 0.29) is 16.9 Å². The summed E-state index contributed by atoms with van der Waals surface area (Å²) >= 11 is 0. The van der Waals surface area contributed by atoms with Crippen molar-refractivity contribution in [1.29, 1.82) is 0 Å². The molecular formula is C23H23NO5S. The van der Waals surface area contributed by atoms with E-state index in [0.29, 0.717) is 13.0 Å². The summed E-state index contributed by atoms with van der Waals surface area (Å²) in [6.45, 7) is 2.17. The molecule has 2 N–H and O–H groups in total. The Hall–Kier alpha value is -3.16. The van der Waals surface area contributed by atoms with Crippen molar-refractivity contribution in [3.05, 3.63) is 95.6 Å². The van der Waals surface area contributed by atoms with Gasteiger partial charge in [0.2, 0.25) is 0 Å². The van der Waals surface area contributed by atoms with Crippen LogP contribution >= 0.6 is 0 Å². The van der Waals surface area contributed by atoms with Crippen molar-refractivity contribution in [3.8, 4) is 0 Å². The molecule has 0 saturated carbocycles. The van der Waals surface area contributed by atoms with Crippen LogP contribution in [0.3, 0.4) is 0 Å². The van der Waals surface area contributed by atoms with Crippen molar-refractivity contribution in [2.24, 2.45) is 0 Å². The summed E-state index contributed by atoms with van der Waals surface area (Å²) in [6.07, 6.45) is 0.698. The highest BCUT2D eigenvalue weighted by Gasteiger charge is 2.27. The first-order chi connectivity index (χ1) is 14.3. The fourth-order valence-electron chi connectivity index (χ4n) is 2.98. The summed E-state index contributed by atoms with van der Waals surface area (Å²) in [7, 11) is -4.02. The average molecular weight is 426 g/mol. The highest BCUT2D eigenvalue weighted by molar-refractivity contribution is 7.85. The van der Waals surface area contributed by atoms with E-state index in [1.165, 1.54) is 17.7 Å². The number of nitrogens with one attached hydrogen (secondary N) is 1. The highest BCUT2D eigenvalue weighted by Crippen LogP contribution is 2.25. The Bertz CT molecular complexity index is 1070. The van der Waals surface area contributed by atoms with Crippen molar-refractivity contribution in [1.82, 2.24) is 0 Å². The molecule has 0 fully saturated rings. The fourth-order valence-corrected chi connectivity index (χ4v) is 3.46. The van der Waals surface area contributed by atoms with Gasteiger partial charge in [0.1, 0.15) is 12.6 Å². The standard InChI is InChI=1S/C16H15NO2.C7H8O3S/c18-16(19-11-12-6-2-1-3-7-12)15-10-13-8-4-5-9-14(13)17-15;1-6-2-4-7(5-3-6)11(8,9)10/h1-9,15,17H,10-11H2;2-5H,1H3,(H,8,9,10). The van der Waals surface area contributed by atoms with Crippen LogP contribution in [0, 0.1) is 6.92 Å². The van der Waals surface area contributed by atoms with Crippen LogP contribution in [-0.4, -0.2) is 25.0 Å². The Morgan fingerprint density at radius 3 is 2.27 bits per heavy atom. The number of carbonyl (C=O) groups is 1. The van der Waals surface area contributed by atoms with Gasteiger partial charge in [-0.25, -0.2) is 4.79 Å². The SMILES string of the molecule is Cc1ccc(S(=O)(=O)O)cc1.O=C(OCc1ccccc1)C1Cc2ccccc2N1. The molecule has 4 rings (SSSR count). The van der Waals surface area contributed by atoms with E-state index in [9.17, 15) is 13.2 Å². The molecule has 3 aromatic rings. The molecule has 3 aromatic carbocycles. The van der Waals surface area contributed by atoms with Crippen LogP contribution in [-0.2, 0) is 32.7 Å². The Morgan fingerprint density at radius 1 is 1.00 bits per heavy atom. The smallest absolute Gasteiger partial charge is 0.329 e. The third-order valence-corrected chi connectivity index (χ3v) is 5.47. The monoisotopic (exact) mass is 425 g/mol. The lowest BCUT2D eigenvalue weighted by Gasteiger charge is -2.11. The first kappa shape index (κ1) is 21.5. The molecule has 0 aliphatic carbocycles. The molecule has 30 heavy (non-hydrogen) atoms. The minimum absolute atomic E-state index is 0.0666. The molecule has 1 heterocycles. The van der Waals surface area contributed by atoms with E-state index < -0.39 is 10.1 Å². The van der Waals surface area contributed by atoms with E-state index in [0.717, 1.165) is 16.8 Å². The van der Waals surface area contributed by atoms with Crippen molar-refractivity contribution >= 4 is 21.8 Å². The van der Waals surface area contributed by atoms with Crippen LogP contribution in [0.2, 0.25) is 0 Å². The summed E-state index contributed by atoms with van der Waals surface area (Å²) in [5, 5.41) is 3.20. The molecule has 1 aliphatic rings. The number of esters is 1. The minimum Gasteiger partial charge on any atom is -0.459 e. The fraction of sp³-hybridized carbons (Fsp3) is 0.174. The second-order valence-corrected chi connectivity index (χ2v) is 8.36. The average Bonchev–Trinajstić information content (AvgIpc) is 3.17. The largest absolute Gasteiger partial charge is 0.459 e. The lowest BCUT2D eigenvalue weighted by atomic mass is 10.1. The number of ether oxygens (including phenoxy) is 1. The highest BCUT2D eigenvalue weighted by atomic mass is 32.2. The predicted molar refractivity (Wildman–Crippen MR) is 115 cm³/mol. The third-order valence-electron chi connectivity index (χ3n) is 4.60. The first-order valence-electron chi connectivity index (χ1n) is 9.42. The zero-order valence-electron chi connectivity index (χ0n) is 16.5. The van der Waals surface area contributed by atoms with Gasteiger partial charge < -0.3 is 10.1 Å². The van der Waals surface area contributed by atoms with Crippen LogP contribution in [0.25, 0.3) is 0 Å². The summed E-state index contributed by atoms with van der Waals surface area (Å²) in [6, 6.07) is 23.4. The number of para-hydroxylation sites is 1. The number of anilines is 1. The molecule has 7 heteroatoms. The Morgan fingerprint density at radius 2 is 1.63 bits per heavy atom. The number of hydrogen-bond donors (Lipinski definition) is 2. The van der Waals surface area contributed by atoms with E-state index in [1.807, 2.05) is 61.5 Å². The molecule has 1 atom stereocenters. The van der Waals surface area contributed by atoms with Crippen LogP contribution in [0.4, 0.5) is 5.69 Å². The summed E-state index contributed by atoms with van der Waals surface area (Å²) in [5.41, 5.74) is 4.16. The number of benzene rings is 3. The zero-order chi connectivity index (χ0) is 21.6. The second kappa shape index (κ2) is 9.56. The van der Waals surface area contributed by atoms with Gasteiger partial charge in [-0.3, -0.25) is 4.55 Å². The molecule has 1 unspecified atom stereocenters. The summed E-state index contributed by atoms with van der Waals surface area (Å²) in [5.74, 6) is -0.194. The van der Waals surface area contributed by atoms with Gasteiger partial charge in [-0.05, 0) is 36.2 Å². The van der Waals surface area contributed by atoms with Gasteiger partial charge >= 0.3 is 5.97 Å². The normalized spacial score (nSPS) is 14.7. The Labute approximate surface area is 176 Å². The molecule has 0 spiro atoms. The molecule has 0 amide bonds. The molecule has 0 saturated heterocycles. The van der Waals surface area contributed by atoms with Crippen LogP contribution in [0.1, 0.15) is 16.7 Å². The number of rotatable bonds is 4. The topological polar surface area (TPSA) is 92.7 Å². The second-order valence-electron chi connectivity index (χ2n) is 6.94. The molecule has 0 bridgehead atoms. The van der Waals surface area contributed by atoms with E-state index in [2.05, 4.69) is 5.32 Å². The summed E-state index contributed by atoms with van der Waals surface area (Å²) in [4.78, 5) is 11.9. The molecule has 0 aromatic heterocycles. The van der Waals surface area contributed by atoms with Crippen molar-refractivity contribution in [3.63, 3.8) is 0 Å². The van der Waals surface area contributed by atoms with Gasteiger partial charge in [-0.2, -0.15) is 8.42 Å². The van der Waals surface area contributed by atoms with E-state index >= 15 is 0 Å². The maximum Gasteiger partial charge on any atom is 0.329 e. The number of fused-ring (bicyclic) bond motifs is 1. The van der Waals surface area contributed by atoms with Crippen LogP contribution < -0.4 is 5.32 Å². The zero-order valence-corrected chi connectivity index (χ0v) is 17.3. The molecule has 6 nitrogen and oxygen atoms in total. The van der Waals surface area contributed by atoms with E-state index in [4.69, 9.17) is 9.29 Å². The van der Waals surface area contributed by atoms with Gasteiger partial charge in [0.25, 0.3) is 10.1 Å². The number of aryl methyl sites for hydroxylation is 1. The van der Waals surface area contributed by atoms with Gasteiger partial charge in [0.05, 0.1) is 4.90 Å². The van der Waals surface area contributed by atoms with Crippen LogP contribution in [0.15, 0.2) is 83.8 Å². The lowest BCUT2D eigenvalue weighted by Crippen LogP contribution is -2.28. The molecule has 0 radical (unpaired) electrons. The quantitative estimate of drug-likeness (QED) is 0.485. The maximum atomic E-state index is 12.0. The van der Waals surface area contributed by atoms with Crippen molar-refractivity contribution in [2.75, 3.05) is 5.32 Å². The van der Waals surface area contributed by atoms with Gasteiger partial charge in [0.15, 0.2) is 0 Å². The molecule has 1 aliphatic heterocycles.